The maximum absolute atomic E-state index is 13.4. The van der Waals surface area contributed by atoms with Gasteiger partial charge in [0.05, 0.1) is 6.42 Å². The van der Waals surface area contributed by atoms with Gasteiger partial charge in [-0.25, -0.2) is 0 Å². The minimum Gasteiger partial charge on any atom is -0.427 e. The lowest BCUT2D eigenvalue weighted by Crippen LogP contribution is -2.47. The van der Waals surface area contributed by atoms with Crippen molar-refractivity contribution in [2.75, 3.05) is 0 Å². The van der Waals surface area contributed by atoms with Gasteiger partial charge in [0.2, 0.25) is 0 Å². The topological polar surface area (TPSA) is 80.7 Å². The standard InChI is InChI=1S/C17H14F4O5S/c1-2-11-3-4-13-10-14(6-5-12(13)9-11)26-15(22)7-8-16(18,19)17(20,21)27(23,24)25/h2-6,9-10H,1,7-8H2,(H,23,24,25). The Hall–Kier alpha value is -2.46. The van der Waals surface area contributed by atoms with Crippen LogP contribution in [0, 0.1) is 0 Å². The lowest BCUT2D eigenvalue weighted by Gasteiger charge is -2.23. The van der Waals surface area contributed by atoms with Gasteiger partial charge in [0.25, 0.3) is 0 Å². The second-order valence-corrected chi connectivity index (χ2v) is 7.11. The Morgan fingerprint density at radius 1 is 1.11 bits per heavy atom. The first-order valence-electron chi connectivity index (χ1n) is 7.47. The molecule has 27 heavy (non-hydrogen) atoms. The van der Waals surface area contributed by atoms with Crippen LogP contribution in [0.2, 0.25) is 0 Å². The van der Waals surface area contributed by atoms with Gasteiger partial charge in [-0.2, -0.15) is 26.0 Å². The smallest absolute Gasteiger partial charge is 0.427 e. The highest BCUT2D eigenvalue weighted by molar-refractivity contribution is 7.87. The lowest BCUT2D eigenvalue weighted by atomic mass is 10.1. The largest absolute Gasteiger partial charge is 0.431 e. The summed E-state index contributed by atoms with van der Waals surface area (Å²) in [6.45, 7) is 3.63. The molecule has 0 radical (unpaired) electrons. The van der Waals surface area contributed by atoms with E-state index >= 15 is 0 Å². The number of rotatable bonds is 7. The number of hydrogen-bond acceptors (Lipinski definition) is 4. The van der Waals surface area contributed by atoms with E-state index in [0.29, 0.717) is 5.39 Å². The van der Waals surface area contributed by atoms with Gasteiger partial charge in [0.15, 0.2) is 0 Å². The molecule has 2 rings (SSSR count). The fourth-order valence-electron chi connectivity index (χ4n) is 2.21. The molecular weight excluding hydrogens is 392 g/mol. The van der Waals surface area contributed by atoms with Crippen molar-refractivity contribution < 1.29 is 40.1 Å². The van der Waals surface area contributed by atoms with E-state index in [1.807, 2.05) is 6.07 Å². The van der Waals surface area contributed by atoms with E-state index in [2.05, 4.69) is 6.58 Å². The second-order valence-electron chi connectivity index (χ2n) is 5.64. The fourth-order valence-corrected chi connectivity index (χ4v) is 2.69. The first-order chi connectivity index (χ1) is 12.4. The third-order valence-corrected chi connectivity index (χ3v) is 4.64. The number of ether oxygens (including phenoxy) is 1. The summed E-state index contributed by atoms with van der Waals surface area (Å²) in [6, 6.07) is 9.71. The Morgan fingerprint density at radius 3 is 2.30 bits per heavy atom. The first kappa shape index (κ1) is 20.8. The Kier molecular flexibility index (Phi) is 5.62. The zero-order chi connectivity index (χ0) is 20.5. The van der Waals surface area contributed by atoms with Gasteiger partial charge in [-0.05, 0) is 34.5 Å². The normalized spacial score (nSPS) is 12.8. The maximum Gasteiger partial charge on any atom is 0.431 e. The molecule has 5 nitrogen and oxygen atoms in total. The van der Waals surface area contributed by atoms with Crippen LogP contribution in [0.1, 0.15) is 18.4 Å². The van der Waals surface area contributed by atoms with Crippen molar-refractivity contribution in [1.29, 1.82) is 0 Å². The SMILES string of the molecule is C=Cc1ccc2cc(OC(=O)CCC(F)(F)C(F)(F)S(=O)(=O)O)ccc2c1. The molecule has 0 aromatic heterocycles. The van der Waals surface area contributed by atoms with Crippen LogP contribution in [0.25, 0.3) is 16.8 Å². The molecule has 0 aliphatic rings. The van der Waals surface area contributed by atoms with Crippen LogP contribution < -0.4 is 4.74 Å². The molecule has 2 aromatic carbocycles. The molecule has 146 valence electrons. The zero-order valence-corrected chi connectivity index (χ0v) is 14.5. The molecule has 0 unspecified atom stereocenters. The van der Waals surface area contributed by atoms with Crippen LogP contribution in [0.5, 0.6) is 5.75 Å². The molecule has 0 saturated carbocycles. The Bertz CT molecular complexity index is 986. The molecule has 10 heteroatoms. The number of alkyl halides is 4. The van der Waals surface area contributed by atoms with Crippen molar-refractivity contribution in [1.82, 2.24) is 0 Å². The Balaban J connectivity index is 2.07. The molecule has 1 N–H and O–H groups in total. The van der Waals surface area contributed by atoms with E-state index in [1.165, 1.54) is 12.1 Å². The predicted molar refractivity (Wildman–Crippen MR) is 90.4 cm³/mol. The molecule has 0 spiro atoms. The molecule has 0 aliphatic carbocycles. The predicted octanol–water partition coefficient (Wildman–Crippen LogP) is 4.28. The third-order valence-electron chi connectivity index (χ3n) is 3.70. The van der Waals surface area contributed by atoms with Crippen LogP contribution in [0.15, 0.2) is 43.0 Å². The van der Waals surface area contributed by atoms with Crippen LogP contribution >= 0.6 is 0 Å². The lowest BCUT2D eigenvalue weighted by molar-refractivity contribution is -0.168. The molecule has 0 amide bonds. The van der Waals surface area contributed by atoms with E-state index in [4.69, 9.17) is 9.29 Å². The molecule has 0 bridgehead atoms. The summed E-state index contributed by atoms with van der Waals surface area (Å²) in [6.07, 6.45) is -1.38. The highest BCUT2D eigenvalue weighted by Crippen LogP contribution is 2.41. The monoisotopic (exact) mass is 406 g/mol. The molecule has 0 saturated heterocycles. The summed E-state index contributed by atoms with van der Waals surface area (Å²) in [5.41, 5.74) is 0.856. The van der Waals surface area contributed by atoms with E-state index in [9.17, 15) is 30.8 Å². The minimum atomic E-state index is -6.34. The number of benzene rings is 2. The van der Waals surface area contributed by atoms with Crippen molar-refractivity contribution in [3.05, 3.63) is 48.5 Å². The number of esters is 1. The summed E-state index contributed by atoms with van der Waals surface area (Å²) in [5, 5.41) is -4.24. The van der Waals surface area contributed by atoms with E-state index in [1.54, 1.807) is 24.3 Å². The number of hydrogen-bond donors (Lipinski definition) is 1. The number of carbonyl (C=O) groups excluding carboxylic acids is 1. The quantitative estimate of drug-likeness (QED) is 0.321. The second kappa shape index (κ2) is 7.28. The van der Waals surface area contributed by atoms with Crippen molar-refractivity contribution in [2.45, 2.75) is 24.0 Å². The first-order valence-corrected chi connectivity index (χ1v) is 8.91. The van der Waals surface area contributed by atoms with Crippen molar-refractivity contribution >= 4 is 32.9 Å². The summed E-state index contributed by atoms with van der Waals surface area (Å²) in [7, 11) is -6.34. The van der Waals surface area contributed by atoms with Gasteiger partial charge < -0.3 is 4.74 Å². The molecule has 0 heterocycles. The van der Waals surface area contributed by atoms with Gasteiger partial charge in [0, 0.05) is 6.42 Å². The highest BCUT2D eigenvalue weighted by atomic mass is 32.2. The van der Waals surface area contributed by atoms with Crippen LogP contribution in [-0.4, -0.2) is 30.1 Å². The molecule has 0 atom stereocenters. The van der Waals surface area contributed by atoms with E-state index in [-0.39, 0.29) is 5.75 Å². The maximum atomic E-state index is 13.4. The van der Waals surface area contributed by atoms with Gasteiger partial charge in [-0.3, -0.25) is 9.35 Å². The van der Waals surface area contributed by atoms with Gasteiger partial charge in [-0.1, -0.05) is 30.9 Å². The third kappa shape index (κ3) is 4.45. The highest BCUT2D eigenvalue weighted by Gasteiger charge is 2.65. The average molecular weight is 406 g/mol. The number of carbonyl (C=O) groups is 1. The summed E-state index contributed by atoms with van der Waals surface area (Å²) in [4.78, 5) is 11.6. The van der Waals surface area contributed by atoms with Gasteiger partial charge in [0.1, 0.15) is 5.75 Å². The van der Waals surface area contributed by atoms with Crippen LogP contribution in [0.3, 0.4) is 0 Å². The Labute approximate surface area is 152 Å². The van der Waals surface area contributed by atoms with Crippen LogP contribution in [-0.2, 0) is 14.9 Å². The average Bonchev–Trinajstić information content (AvgIpc) is 2.58. The number of halogens is 4. The minimum absolute atomic E-state index is 0.00343. The molecule has 2 aromatic rings. The summed E-state index contributed by atoms with van der Waals surface area (Å²) in [5.74, 6) is -6.41. The van der Waals surface area contributed by atoms with E-state index in [0.717, 1.165) is 10.9 Å². The summed E-state index contributed by atoms with van der Waals surface area (Å²) >= 11 is 0. The Morgan fingerprint density at radius 2 is 1.70 bits per heavy atom. The number of fused-ring (bicyclic) bond motifs is 1. The van der Waals surface area contributed by atoms with E-state index < -0.39 is 40.1 Å². The summed E-state index contributed by atoms with van der Waals surface area (Å²) < 4.78 is 86.8. The van der Waals surface area contributed by atoms with Gasteiger partial charge >= 0.3 is 27.3 Å². The molecule has 0 aliphatic heterocycles. The van der Waals surface area contributed by atoms with Crippen molar-refractivity contribution in [2.24, 2.45) is 0 Å². The molecular formula is C17H14F4O5S. The fraction of sp³-hybridized carbons (Fsp3) is 0.235. The molecule has 0 fully saturated rings. The zero-order valence-electron chi connectivity index (χ0n) is 13.7. The van der Waals surface area contributed by atoms with Crippen molar-refractivity contribution in [3.8, 4) is 5.75 Å². The van der Waals surface area contributed by atoms with Gasteiger partial charge in [-0.15, -0.1) is 0 Å². The van der Waals surface area contributed by atoms with Crippen LogP contribution in [0.4, 0.5) is 17.6 Å². The van der Waals surface area contributed by atoms with Crippen molar-refractivity contribution in [3.63, 3.8) is 0 Å².